The molecule has 1 heteroatoms. The highest BCUT2D eigenvalue weighted by molar-refractivity contribution is 5.22. The Morgan fingerprint density at radius 2 is 2.00 bits per heavy atom. The van der Waals surface area contributed by atoms with Gasteiger partial charge in [-0.05, 0) is 24.9 Å². The Bertz CT molecular complexity index is 287. The molecule has 1 nitrogen and oxygen atoms in total. The van der Waals surface area contributed by atoms with Gasteiger partial charge in [0.25, 0.3) is 0 Å². The Morgan fingerprint density at radius 3 is 2.69 bits per heavy atom. The van der Waals surface area contributed by atoms with Crippen LogP contribution < -0.4 is 5.32 Å². The number of rotatable bonds is 2. The second kappa shape index (κ2) is 4.24. The van der Waals surface area contributed by atoms with Crippen LogP contribution in [0.25, 0.3) is 0 Å². The summed E-state index contributed by atoms with van der Waals surface area (Å²) in [6, 6.07) is 10.7. The van der Waals surface area contributed by atoms with Gasteiger partial charge in [-0.2, -0.15) is 0 Å². The van der Waals surface area contributed by atoms with Gasteiger partial charge < -0.3 is 5.32 Å². The van der Waals surface area contributed by atoms with E-state index in [0.717, 1.165) is 19.5 Å². The topological polar surface area (TPSA) is 12.0 Å². The van der Waals surface area contributed by atoms with Crippen molar-refractivity contribution in [2.45, 2.75) is 12.8 Å². The Balaban J connectivity index is 2.01. The van der Waals surface area contributed by atoms with Crippen LogP contribution in [0, 0.1) is 0 Å². The fourth-order valence-corrected chi connectivity index (χ4v) is 1.69. The maximum absolute atomic E-state index is 3.32. The number of nitrogens with one attached hydrogen (secondary N) is 1. The van der Waals surface area contributed by atoms with Gasteiger partial charge in [-0.15, -0.1) is 0 Å². The lowest BCUT2D eigenvalue weighted by molar-refractivity contribution is 0.692. The summed E-state index contributed by atoms with van der Waals surface area (Å²) in [5.74, 6) is 0. The highest BCUT2D eigenvalue weighted by Gasteiger charge is 2.02. The van der Waals surface area contributed by atoms with Crippen LogP contribution in [0.4, 0.5) is 0 Å². The molecule has 0 saturated heterocycles. The first kappa shape index (κ1) is 8.52. The quantitative estimate of drug-likeness (QED) is 0.676. The van der Waals surface area contributed by atoms with E-state index in [4.69, 9.17) is 0 Å². The Morgan fingerprint density at radius 1 is 1.15 bits per heavy atom. The normalized spacial score (nSPS) is 16.8. The molecule has 0 spiro atoms. The van der Waals surface area contributed by atoms with Crippen molar-refractivity contribution in [1.82, 2.24) is 5.32 Å². The molecule has 0 aromatic heterocycles. The molecule has 1 aromatic rings. The first-order valence-electron chi connectivity index (χ1n) is 4.88. The zero-order chi connectivity index (χ0) is 8.93. The van der Waals surface area contributed by atoms with Gasteiger partial charge in [0.1, 0.15) is 0 Å². The predicted molar refractivity (Wildman–Crippen MR) is 55.7 cm³/mol. The summed E-state index contributed by atoms with van der Waals surface area (Å²) in [6.07, 6.45) is 4.65. The van der Waals surface area contributed by atoms with E-state index in [1.807, 2.05) is 0 Å². The van der Waals surface area contributed by atoms with Crippen LogP contribution in [0.5, 0.6) is 0 Å². The number of benzene rings is 1. The molecule has 68 valence electrons. The van der Waals surface area contributed by atoms with Crippen molar-refractivity contribution < 1.29 is 0 Å². The van der Waals surface area contributed by atoms with Gasteiger partial charge in [-0.1, -0.05) is 42.0 Å². The fraction of sp³-hybridized carbons (Fsp3) is 0.333. The molecule has 1 aliphatic heterocycles. The number of hydrogen-bond donors (Lipinski definition) is 1. The van der Waals surface area contributed by atoms with Gasteiger partial charge in [0.05, 0.1) is 0 Å². The van der Waals surface area contributed by atoms with Gasteiger partial charge in [0, 0.05) is 6.54 Å². The largest absolute Gasteiger partial charge is 0.313 e. The zero-order valence-electron chi connectivity index (χ0n) is 7.79. The van der Waals surface area contributed by atoms with Crippen molar-refractivity contribution in [2.75, 3.05) is 13.1 Å². The third-order valence-corrected chi connectivity index (χ3v) is 2.43. The maximum Gasteiger partial charge on any atom is 0.0137 e. The molecule has 1 aromatic carbocycles. The summed E-state index contributed by atoms with van der Waals surface area (Å²) >= 11 is 0. The van der Waals surface area contributed by atoms with E-state index in [-0.39, 0.29) is 0 Å². The molecule has 0 aliphatic carbocycles. The smallest absolute Gasteiger partial charge is 0.0137 e. The van der Waals surface area contributed by atoms with Crippen LogP contribution in [-0.2, 0) is 6.42 Å². The lowest BCUT2D eigenvalue weighted by Crippen LogP contribution is -2.21. The van der Waals surface area contributed by atoms with Crippen molar-refractivity contribution in [3.8, 4) is 0 Å². The summed E-state index contributed by atoms with van der Waals surface area (Å²) in [5.41, 5.74) is 3.00. The molecule has 0 bridgehead atoms. The molecule has 0 radical (unpaired) electrons. The third-order valence-electron chi connectivity index (χ3n) is 2.43. The van der Waals surface area contributed by atoms with E-state index < -0.39 is 0 Å². The average molecular weight is 173 g/mol. The molecule has 2 rings (SSSR count). The minimum atomic E-state index is 1.04. The van der Waals surface area contributed by atoms with Crippen molar-refractivity contribution >= 4 is 0 Å². The van der Waals surface area contributed by atoms with E-state index in [1.165, 1.54) is 12.0 Å². The van der Waals surface area contributed by atoms with Crippen molar-refractivity contribution in [2.24, 2.45) is 0 Å². The van der Waals surface area contributed by atoms with Crippen LogP contribution >= 0.6 is 0 Å². The molecule has 1 heterocycles. The molecule has 0 fully saturated rings. The van der Waals surface area contributed by atoms with Crippen LogP contribution in [0.3, 0.4) is 0 Å². The highest BCUT2D eigenvalue weighted by Crippen LogP contribution is 2.12. The average Bonchev–Trinajstić information content (AvgIpc) is 2.21. The van der Waals surface area contributed by atoms with Crippen LogP contribution in [0.15, 0.2) is 42.0 Å². The SMILES string of the molecule is C1=C(Cc2ccccc2)CCNC1. The molecule has 0 amide bonds. The van der Waals surface area contributed by atoms with Crippen LogP contribution in [0.1, 0.15) is 12.0 Å². The molecule has 0 saturated carbocycles. The van der Waals surface area contributed by atoms with Gasteiger partial charge >= 0.3 is 0 Å². The minimum absolute atomic E-state index is 1.04. The maximum atomic E-state index is 3.32. The second-order valence-electron chi connectivity index (χ2n) is 3.48. The van der Waals surface area contributed by atoms with Crippen LogP contribution in [0.2, 0.25) is 0 Å². The highest BCUT2D eigenvalue weighted by atomic mass is 14.8. The van der Waals surface area contributed by atoms with E-state index >= 15 is 0 Å². The minimum Gasteiger partial charge on any atom is -0.313 e. The molecular formula is C12H15N. The van der Waals surface area contributed by atoms with Crippen molar-refractivity contribution in [1.29, 1.82) is 0 Å². The first-order valence-corrected chi connectivity index (χ1v) is 4.88. The van der Waals surface area contributed by atoms with Crippen molar-refractivity contribution in [3.05, 3.63) is 47.5 Å². The van der Waals surface area contributed by atoms with Gasteiger partial charge in [0.15, 0.2) is 0 Å². The zero-order valence-corrected chi connectivity index (χ0v) is 7.79. The number of hydrogen-bond acceptors (Lipinski definition) is 1. The van der Waals surface area contributed by atoms with E-state index in [0.29, 0.717) is 0 Å². The predicted octanol–water partition coefficient (Wildman–Crippen LogP) is 2.15. The summed E-state index contributed by atoms with van der Waals surface area (Å²) in [4.78, 5) is 0. The lowest BCUT2D eigenvalue weighted by Gasteiger charge is -2.13. The third kappa shape index (κ3) is 2.43. The molecule has 13 heavy (non-hydrogen) atoms. The van der Waals surface area contributed by atoms with Gasteiger partial charge in [-0.25, -0.2) is 0 Å². The standard InChI is InChI=1S/C12H15N/c1-2-4-11(5-3-1)10-12-6-8-13-9-7-12/h1-6,13H,7-10H2. The van der Waals surface area contributed by atoms with Crippen molar-refractivity contribution in [3.63, 3.8) is 0 Å². The molecular weight excluding hydrogens is 158 g/mol. The van der Waals surface area contributed by atoms with E-state index in [2.05, 4.69) is 41.7 Å². The summed E-state index contributed by atoms with van der Waals surface area (Å²) in [6.45, 7) is 2.18. The van der Waals surface area contributed by atoms with E-state index in [1.54, 1.807) is 5.57 Å². The molecule has 0 unspecified atom stereocenters. The monoisotopic (exact) mass is 173 g/mol. The van der Waals surface area contributed by atoms with E-state index in [9.17, 15) is 0 Å². The first-order chi connectivity index (χ1) is 6.45. The van der Waals surface area contributed by atoms with Gasteiger partial charge in [-0.3, -0.25) is 0 Å². The Kier molecular flexibility index (Phi) is 2.78. The second-order valence-corrected chi connectivity index (χ2v) is 3.48. The van der Waals surface area contributed by atoms with Crippen LogP contribution in [-0.4, -0.2) is 13.1 Å². The molecule has 1 N–H and O–H groups in total. The Hall–Kier alpha value is -1.08. The van der Waals surface area contributed by atoms with Gasteiger partial charge in [0.2, 0.25) is 0 Å². The fourth-order valence-electron chi connectivity index (χ4n) is 1.69. The lowest BCUT2D eigenvalue weighted by atomic mass is 10.0. The Labute approximate surface area is 79.5 Å². The molecule has 0 atom stereocenters. The molecule has 1 aliphatic rings. The summed E-state index contributed by atoms with van der Waals surface area (Å²) < 4.78 is 0. The summed E-state index contributed by atoms with van der Waals surface area (Å²) in [7, 11) is 0. The summed E-state index contributed by atoms with van der Waals surface area (Å²) in [5, 5.41) is 3.32.